The molecule has 0 aliphatic carbocycles. The monoisotopic (exact) mass is 280 g/mol. The van der Waals surface area contributed by atoms with Crippen molar-refractivity contribution in [1.29, 1.82) is 0 Å². The van der Waals surface area contributed by atoms with Crippen molar-refractivity contribution in [2.24, 2.45) is 5.92 Å². The van der Waals surface area contributed by atoms with Crippen molar-refractivity contribution < 1.29 is 9.15 Å². The molecule has 0 saturated carbocycles. The van der Waals surface area contributed by atoms with Gasteiger partial charge in [-0.25, -0.2) is 0 Å². The summed E-state index contributed by atoms with van der Waals surface area (Å²) in [5, 5.41) is 3.49. The quantitative estimate of drug-likeness (QED) is 0.833. The van der Waals surface area contributed by atoms with Crippen LogP contribution < -0.4 is 5.32 Å². The Hall–Kier alpha value is -0.840. The molecule has 0 amide bonds. The number of morpholine rings is 1. The van der Waals surface area contributed by atoms with Crippen LogP contribution in [0.4, 0.5) is 0 Å². The van der Waals surface area contributed by atoms with Crippen LogP contribution in [0.15, 0.2) is 16.7 Å². The average Bonchev–Trinajstić information content (AvgIpc) is 2.86. The summed E-state index contributed by atoms with van der Waals surface area (Å²) in [4.78, 5) is 2.48. The Morgan fingerprint density at radius 1 is 1.45 bits per heavy atom. The molecule has 1 unspecified atom stereocenters. The molecule has 1 saturated heterocycles. The Morgan fingerprint density at radius 2 is 2.30 bits per heavy atom. The van der Waals surface area contributed by atoms with Gasteiger partial charge in [0.05, 0.1) is 26.0 Å². The highest BCUT2D eigenvalue weighted by Gasteiger charge is 2.23. The molecule has 4 nitrogen and oxygen atoms in total. The van der Waals surface area contributed by atoms with E-state index in [0.717, 1.165) is 51.6 Å². The molecule has 0 bridgehead atoms. The first kappa shape index (κ1) is 15.5. The summed E-state index contributed by atoms with van der Waals surface area (Å²) in [6.07, 6.45) is 2.94. The molecular formula is C16H28N2O2. The molecule has 2 rings (SSSR count). The van der Waals surface area contributed by atoms with Gasteiger partial charge >= 0.3 is 0 Å². The molecule has 1 fully saturated rings. The van der Waals surface area contributed by atoms with Crippen molar-refractivity contribution in [3.8, 4) is 0 Å². The second-order valence-electron chi connectivity index (χ2n) is 6.00. The van der Waals surface area contributed by atoms with Gasteiger partial charge in [0.25, 0.3) is 0 Å². The third kappa shape index (κ3) is 4.33. The first-order valence-electron chi connectivity index (χ1n) is 7.78. The molecule has 0 aromatic carbocycles. The zero-order valence-corrected chi connectivity index (χ0v) is 13.0. The molecule has 2 heterocycles. The van der Waals surface area contributed by atoms with E-state index in [1.165, 1.54) is 5.56 Å². The molecule has 1 aromatic heterocycles. The van der Waals surface area contributed by atoms with Crippen molar-refractivity contribution in [3.05, 3.63) is 23.7 Å². The van der Waals surface area contributed by atoms with Crippen LogP contribution in [0.3, 0.4) is 0 Å². The maximum Gasteiger partial charge on any atom is 0.122 e. The lowest BCUT2D eigenvalue weighted by Gasteiger charge is -2.34. The van der Waals surface area contributed by atoms with E-state index in [0.29, 0.717) is 12.0 Å². The Labute approximate surface area is 122 Å². The fourth-order valence-corrected chi connectivity index (χ4v) is 2.62. The van der Waals surface area contributed by atoms with Crippen molar-refractivity contribution in [2.75, 3.05) is 26.3 Å². The summed E-state index contributed by atoms with van der Waals surface area (Å²) in [5.41, 5.74) is 1.28. The zero-order chi connectivity index (χ0) is 14.4. The van der Waals surface area contributed by atoms with Crippen LogP contribution in [0.1, 0.15) is 38.5 Å². The summed E-state index contributed by atoms with van der Waals surface area (Å²) in [5.74, 6) is 1.77. The van der Waals surface area contributed by atoms with Crippen LogP contribution in [0.2, 0.25) is 0 Å². The zero-order valence-electron chi connectivity index (χ0n) is 13.0. The van der Waals surface area contributed by atoms with Gasteiger partial charge in [-0.15, -0.1) is 0 Å². The van der Waals surface area contributed by atoms with Gasteiger partial charge in [-0.1, -0.05) is 20.8 Å². The fourth-order valence-electron chi connectivity index (χ4n) is 2.62. The van der Waals surface area contributed by atoms with Crippen molar-refractivity contribution >= 4 is 0 Å². The minimum atomic E-state index is 0.519. The lowest BCUT2D eigenvalue weighted by atomic mass is 10.1. The second kappa shape index (κ2) is 7.81. The van der Waals surface area contributed by atoms with Crippen molar-refractivity contribution in [2.45, 2.75) is 46.3 Å². The second-order valence-corrected chi connectivity index (χ2v) is 6.00. The molecule has 1 N–H and O–H groups in total. The van der Waals surface area contributed by atoms with Crippen LogP contribution >= 0.6 is 0 Å². The summed E-state index contributed by atoms with van der Waals surface area (Å²) >= 11 is 0. The summed E-state index contributed by atoms with van der Waals surface area (Å²) in [7, 11) is 0. The van der Waals surface area contributed by atoms with E-state index >= 15 is 0 Å². The van der Waals surface area contributed by atoms with Gasteiger partial charge in [0.15, 0.2) is 0 Å². The van der Waals surface area contributed by atoms with E-state index < -0.39 is 0 Å². The van der Waals surface area contributed by atoms with E-state index in [9.17, 15) is 0 Å². The van der Waals surface area contributed by atoms with Gasteiger partial charge < -0.3 is 14.5 Å². The largest absolute Gasteiger partial charge is 0.468 e. The Kier molecular flexibility index (Phi) is 6.07. The summed E-state index contributed by atoms with van der Waals surface area (Å²) < 4.78 is 11.3. The molecule has 4 heteroatoms. The van der Waals surface area contributed by atoms with E-state index in [-0.39, 0.29) is 0 Å². The number of ether oxygens (including phenoxy) is 1. The molecule has 114 valence electrons. The van der Waals surface area contributed by atoms with Crippen molar-refractivity contribution in [1.82, 2.24) is 10.2 Å². The highest BCUT2D eigenvalue weighted by molar-refractivity contribution is 5.17. The van der Waals surface area contributed by atoms with E-state index in [1.54, 1.807) is 0 Å². The molecule has 1 aliphatic rings. The van der Waals surface area contributed by atoms with Gasteiger partial charge in [-0.3, -0.25) is 4.90 Å². The lowest BCUT2D eigenvalue weighted by Crippen LogP contribution is -2.44. The lowest BCUT2D eigenvalue weighted by molar-refractivity contribution is -0.0155. The minimum Gasteiger partial charge on any atom is -0.468 e. The third-order valence-electron chi connectivity index (χ3n) is 3.87. The van der Waals surface area contributed by atoms with Gasteiger partial charge in [-0.2, -0.15) is 0 Å². The maximum absolute atomic E-state index is 5.70. The van der Waals surface area contributed by atoms with Crippen LogP contribution in [0.5, 0.6) is 0 Å². The Bertz CT molecular complexity index is 390. The molecular weight excluding hydrogens is 252 g/mol. The number of hydrogen-bond donors (Lipinski definition) is 1. The Balaban J connectivity index is 1.90. The predicted octanol–water partition coefficient (Wildman–Crippen LogP) is 2.64. The van der Waals surface area contributed by atoms with Crippen LogP contribution in [-0.2, 0) is 17.8 Å². The van der Waals surface area contributed by atoms with Crippen LogP contribution in [0, 0.1) is 5.92 Å². The van der Waals surface area contributed by atoms with Gasteiger partial charge in [0.2, 0.25) is 0 Å². The number of furan rings is 1. The maximum atomic E-state index is 5.70. The smallest absolute Gasteiger partial charge is 0.122 e. The van der Waals surface area contributed by atoms with Gasteiger partial charge in [0.1, 0.15) is 5.76 Å². The first-order valence-corrected chi connectivity index (χ1v) is 7.78. The molecule has 0 spiro atoms. The molecule has 0 radical (unpaired) electrons. The molecule has 1 atom stereocenters. The number of nitrogens with zero attached hydrogens (tertiary/aromatic N) is 1. The van der Waals surface area contributed by atoms with Crippen LogP contribution in [0.25, 0.3) is 0 Å². The number of rotatable bonds is 7. The summed E-state index contributed by atoms with van der Waals surface area (Å²) in [6, 6.07) is 2.61. The van der Waals surface area contributed by atoms with E-state index in [4.69, 9.17) is 9.15 Å². The number of nitrogens with one attached hydrogen (secondary N) is 1. The van der Waals surface area contributed by atoms with Gasteiger partial charge in [-0.05, 0) is 24.9 Å². The van der Waals surface area contributed by atoms with E-state index in [1.807, 2.05) is 6.26 Å². The fraction of sp³-hybridized carbons (Fsp3) is 0.750. The highest BCUT2D eigenvalue weighted by atomic mass is 16.5. The standard InChI is InChI=1S/C16H28N2O2/c1-4-15-12-19-8-6-18(15)11-16-14(5-7-20-16)10-17-9-13(2)3/h5,7,13,15,17H,4,6,8-12H2,1-3H3. The predicted molar refractivity (Wildman–Crippen MR) is 80.6 cm³/mol. The molecule has 1 aromatic rings. The number of hydrogen-bond acceptors (Lipinski definition) is 4. The highest BCUT2D eigenvalue weighted by Crippen LogP contribution is 2.18. The SMILES string of the molecule is CCC1COCCN1Cc1occc1CNCC(C)C. The normalized spacial score (nSPS) is 20.7. The van der Waals surface area contributed by atoms with Crippen LogP contribution in [-0.4, -0.2) is 37.2 Å². The summed E-state index contributed by atoms with van der Waals surface area (Å²) in [6.45, 7) is 12.2. The third-order valence-corrected chi connectivity index (χ3v) is 3.87. The molecule has 20 heavy (non-hydrogen) atoms. The average molecular weight is 280 g/mol. The molecule has 1 aliphatic heterocycles. The first-order chi connectivity index (χ1) is 9.70. The van der Waals surface area contributed by atoms with Crippen molar-refractivity contribution in [3.63, 3.8) is 0 Å². The van der Waals surface area contributed by atoms with Gasteiger partial charge in [0, 0.05) is 24.7 Å². The topological polar surface area (TPSA) is 37.6 Å². The van der Waals surface area contributed by atoms with E-state index in [2.05, 4.69) is 37.1 Å². The Morgan fingerprint density at radius 3 is 3.05 bits per heavy atom. The minimum absolute atomic E-state index is 0.519.